The Labute approximate surface area is 107 Å². The zero-order chi connectivity index (χ0) is 12.1. The van der Waals surface area contributed by atoms with Gasteiger partial charge in [-0.05, 0) is 29.8 Å². The molecule has 2 rings (SSSR count). The second kappa shape index (κ2) is 5.84. The fraction of sp³-hybridized carbons (Fsp3) is 0.167. The van der Waals surface area contributed by atoms with Gasteiger partial charge in [0.25, 0.3) is 0 Å². The van der Waals surface area contributed by atoms with E-state index in [1.165, 1.54) is 12.1 Å². The molecule has 1 aromatic heterocycles. The fourth-order valence-corrected chi connectivity index (χ4v) is 1.80. The molecule has 2 aromatic rings. The van der Waals surface area contributed by atoms with Gasteiger partial charge in [-0.1, -0.05) is 15.9 Å². The average Bonchev–Trinajstić information content (AvgIpc) is 2.35. The quantitative estimate of drug-likeness (QED) is 0.942. The summed E-state index contributed by atoms with van der Waals surface area (Å²) >= 11 is 3.38. The monoisotopic (exact) mass is 295 g/mol. The molecule has 0 amide bonds. The zero-order valence-electron chi connectivity index (χ0n) is 9.03. The maximum absolute atomic E-state index is 13.0. The van der Waals surface area contributed by atoms with Gasteiger partial charge < -0.3 is 5.32 Å². The molecule has 0 atom stereocenters. The van der Waals surface area contributed by atoms with Crippen LogP contribution in [-0.2, 0) is 13.1 Å². The van der Waals surface area contributed by atoms with E-state index in [2.05, 4.69) is 31.2 Å². The van der Waals surface area contributed by atoms with E-state index in [4.69, 9.17) is 0 Å². The summed E-state index contributed by atoms with van der Waals surface area (Å²) in [6, 6.07) is 6.40. The Hall–Kier alpha value is -1.33. The highest BCUT2D eigenvalue weighted by atomic mass is 79.9. The van der Waals surface area contributed by atoms with Gasteiger partial charge in [0, 0.05) is 23.4 Å². The van der Waals surface area contributed by atoms with Crippen molar-refractivity contribution in [1.29, 1.82) is 0 Å². The first-order valence-electron chi connectivity index (χ1n) is 5.16. The molecule has 17 heavy (non-hydrogen) atoms. The van der Waals surface area contributed by atoms with Crippen molar-refractivity contribution in [3.8, 4) is 0 Å². The summed E-state index contributed by atoms with van der Waals surface area (Å²) < 4.78 is 13.9. The maximum Gasteiger partial charge on any atom is 0.141 e. The van der Waals surface area contributed by atoms with Crippen LogP contribution in [0, 0.1) is 5.82 Å². The Morgan fingerprint density at radius 1 is 1.18 bits per heavy atom. The van der Waals surface area contributed by atoms with Crippen LogP contribution in [0.1, 0.15) is 11.4 Å². The van der Waals surface area contributed by atoms with Crippen LogP contribution >= 0.6 is 15.9 Å². The van der Waals surface area contributed by atoms with Crippen LogP contribution in [0.25, 0.3) is 0 Å². The average molecular weight is 296 g/mol. The standard InChI is InChI=1S/C12H11BrFN3/c13-11-3-2-10(14)6-9(11)7-15-8-12-16-4-1-5-17-12/h1-6,15H,7-8H2. The number of benzene rings is 1. The third kappa shape index (κ3) is 3.57. The molecule has 0 spiro atoms. The maximum atomic E-state index is 13.0. The van der Waals surface area contributed by atoms with E-state index < -0.39 is 0 Å². The van der Waals surface area contributed by atoms with Crippen molar-refractivity contribution in [3.05, 3.63) is 58.3 Å². The lowest BCUT2D eigenvalue weighted by Gasteiger charge is -2.06. The topological polar surface area (TPSA) is 37.8 Å². The van der Waals surface area contributed by atoms with Crippen molar-refractivity contribution in [1.82, 2.24) is 15.3 Å². The molecule has 0 aliphatic carbocycles. The molecule has 0 saturated carbocycles. The van der Waals surface area contributed by atoms with Gasteiger partial charge >= 0.3 is 0 Å². The van der Waals surface area contributed by atoms with Gasteiger partial charge in [0.1, 0.15) is 11.6 Å². The van der Waals surface area contributed by atoms with E-state index >= 15 is 0 Å². The first kappa shape index (κ1) is 12.1. The molecule has 1 aromatic carbocycles. The fourth-order valence-electron chi connectivity index (χ4n) is 1.41. The van der Waals surface area contributed by atoms with E-state index in [0.717, 1.165) is 15.9 Å². The van der Waals surface area contributed by atoms with Gasteiger partial charge in [-0.2, -0.15) is 0 Å². The molecule has 3 nitrogen and oxygen atoms in total. The summed E-state index contributed by atoms with van der Waals surface area (Å²) in [5.74, 6) is 0.487. The molecule has 0 bridgehead atoms. The lowest BCUT2D eigenvalue weighted by atomic mass is 10.2. The minimum atomic E-state index is -0.235. The van der Waals surface area contributed by atoms with Crippen LogP contribution in [0.15, 0.2) is 41.1 Å². The number of nitrogens with one attached hydrogen (secondary N) is 1. The summed E-state index contributed by atoms with van der Waals surface area (Å²) in [7, 11) is 0. The highest BCUT2D eigenvalue weighted by Gasteiger charge is 2.02. The predicted octanol–water partition coefficient (Wildman–Crippen LogP) is 2.67. The lowest BCUT2D eigenvalue weighted by Crippen LogP contribution is -2.15. The molecule has 0 fully saturated rings. The molecular formula is C12H11BrFN3. The molecule has 0 aliphatic heterocycles. The van der Waals surface area contributed by atoms with E-state index in [0.29, 0.717) is 13.1 Å². The van der Waals surface area contributed by atoms with Crippen LogP contribution < -0.4 is 5.32 Å². The summed E-state index contributed by atoms with van der Waals surface area (Å²) in [4.78, 5) is 8.18. The van der Waals surface area contributed by atoms with Crippen molar-refractivity contribution < 1.29 is 4.39 Å². The summed E-state index contributed by atoms with van der Waals surface area (Å²) in [5.41, 5.74) is 0.876. The molecule has 0 unspecified atom stereocenters. The predicted molar refractivity (Wildman–Crippen MR) is 66.7 cm³/mol. The van der Waals surface area contributed by atoms with E-state index in [-0.39, 0.29) is 5.82 Å². The van der Waals surface area contributed by atoms with E-state index in [1.807, 2.05) is 0 Å². The number of nitrogens with zero attached hydrogens (tertiary/aromatic N) is 2. The summed E-state index contributed by atoms with van der Waals surface area (Å²) in [6.45, 7) is 1.13. The largest absolute Gasteiger partial charge is 0.306 e. The minimum Gasteiger partial charge on any atom is -0.306 e. The van der Waals surface area contributed by atoms with Crippen LogP contribution in [0.4, 0.5) is 4.39 Å². The first-order chi connectivity index (χ1) is 8.25. The Morgan fingerprint density at radius 2 is 1.94 bits per heavy atom. The molecule has 1 N–H and O–H groups in total. The van der Waals surface area contributed by atoms with Crippen molar-refractivity contribution in [2.24, 2.45) is 0 Å². The lowest BCUT2D eigenvalue weighted by molar-refractivity contribution is 0.616. The van der Waals surface area contributed by atoms with Gasteiger partial charge in [-0.15, -0.1) is 0 Å². The van der Waals surface area contributed by atoms with Gasteiger partial charge in [0.2, 0.25) is 0 Å². The normalized spacial score (nSPS) is 10.5. The van der Waals surface area contributed by atoms with Crippen molar-refractivity contribution in [2.45, 2.75) is 13.1 Å². The molecule has 88 valence electrons. The smallest absolute Gasteiger partial charge is 0.141 e. The Balaban J connectivity index is 1.92. The third-order valence-corrected chi connectivity index (χ3v) is 3.00. The Bertz CT molecular complexity index is 490. The van der Waals surface area contributed by atoms with Crippen molar-refractivity contribution in [3.63, 3.8) is 0 Å². The van der Waals surface area contributed by atoms with Gasteiger partial charge in [-0.25, -0.2) is 14.4 Å². The molecule has 0 radical (unpaired) electrons. The molecule has 0 saturated heterocycles. The highest BCUT2D eigenvalue weighted by molar-refractivity contribution is 9.10. The summed E-state index contributed by atoms with van der Waals surface area (Å²) in [6.07, 6.45) is 3.39. The van der Waals surface area contributed by atoms with Crippen LogP contribution in [0.3, 0.4) is 0 Å². The van der Waals surface area contributed by atoms with Gasteiger partial charge in [0.15, 0.2) is 0 Å². The van der Waals surface area contributed by atoms with Crippen molar-refractivity contribution >= 4 is 15.9 Å². The van der Waals surface area contributed by atoms with E-state index in [1.54, 1.807) is 24.5 Å². The second-order valence-corrected chi connectivity index (χ2v) is 4.36. The zero-order valence-corrected chi connectivity index (χ0v) is 10.6. The minimum absolute atomic E-state index is 0.235. The van der Waals surface area contributed by atoms with Crippen molar-refractivity contribution in [2.75, 3.05) is 0 Å². The third-order valence-electron chi connectivity index (χ3n) is 2.23. The molecule has 0 aliphatic rings. The van der Waals surface area contributed by atoms with E-state index in [9.17, 15) is 4.39 Å². The molecule has 5 heteroatoms. The van der Waals surface area contributed by atoms with Crippen LogP contribution in [0.2, 0.25) is 0 Å². The van der Waals surface area contributed by atoms with Crippen LogP contribution in [0.5, 0.6) is 0 Å². The first-order valence-corrected chi connectivity index (χ1v) is 5.95. The number of rotatable bonds is 4. The Kier molecular flexibility index (Phi) is 4.17. The second-order valence-electron chi connectivity index (χ2n) is 3.50. The molecule has 1 heterocycles. The van der Waals surface area contributed by atoms with Gasteiger partial charge in [-0.3, -0.25) is 0 Å². The highest BCUT2D eigenvalue weighted by Crippen LogP contribution is 2.17. The number of hydrogen-bond donors (Lipinski definition) is 1. The van der Waals surface area contributed by atoms with Crippen LogP contribution in [-0.4, -0.2) is 9.97 Å². The Morgan fingerprint density at radius 3 is 2.71 bits per heavy atom. The number of hydrogen-bond acceptors (Lipinski definition) is 3. The number of aromatic nitrogens is 2. The summed E-state index contributed by atoms with van der Waals surface area (Å²) in [5, 5.41) is 3.16. The van der Waals surface area contributed by atoms with Gasteiger partial charge in [0.05, 0.1) is 6.54 Å². The molecular weight excluding hydrogens is 285 g/mol. The SMILES string of the molecule is Fc1ccc(Br)c(CNCc2ncccn2)c1. The number of halogens is 2.